The fourth-order valence-electron chi connectivity index (χ4n) is 8.37. The molecule has 3 aliphatic carbocycles. The summed E-state index contributed by atoms with van der Waals surface area (Å²) in [4.78, 5) is 0. The molecule has 9 rings (SSSR count). The molecule has 10 bridgehead atoms. The Hall–Kier alpha value is 0.290. The van der Waals surface area contributed by atoms with E-state index in [-0.39, 0.29) is 40.7 Å². The zero-order chi connectivity index (χ0) is 26.8. The lowest BCUT2D eigenvalue weighted by Gasteiger charge is -2.64. The van der Waals surface area contributed by atoms with E-state index in [1.54, 1.807) is 0 Å². The summed E-state index contributed by atoms with van der Waals surface area (Å²) in [5.41, 5.74) is 6.40. The second-order valence-corrected chi connectivity index (χ2v) is 14.7. The number of ether oxygens (including phenoxy) is 9. The number of halogens is 1. The fraction of sp³-hybridized carbons (Fsp3) is 1.00. The lowest BCUT2D eigenvalue weighted by Crippen LogP contribution is -2.80. The van der Waals surface area contributed by atoms with E-state index >= 15 is 0 Å². The van der Waals surface area contributed by atoms with Gasteiger partial charge in [-0.15, -0.1) is 0 Å². The SMILES string of the molecule is CC1(C)OC2C(N)C(O1)C1OC(CC3CCC(CC4OC5C6OC7(C)OC(C6I)C(O4)C5O7)CC3)OC2C1O. The molecule has 8 atom stereocenters. The molecule has 6 saturated heterocycles. The summed E-state index contributed by atoms with van der Waals surface area (Å²) in [6.07, 6.45) is 2.33. The number of aliphatic hydroxyl groups excluding tert-OH is 1. The molecule has 39 heavy (non-hydrogen) atoms. The highest BCUT2D eigenvalue weighted by atomic mass is 127. The van der Waals surface area contributed by atoms with Crippen LogP contribution < -0.4 is 5.73 Å². The lowest BCUT2D eigenvalue weighted by molar-refractivity contribution is -0.541. The van der Waals surface area contributed by atoms with Crippen molar-refractivity contribution in [3.63, 3.8) is 0 Å². The molecule has 0 spiro atoms. The van der Waals surface area contributed by atoms with Gasteiger partial charge in [-0.1, -0.05) is 22.6 Å². The first-order valence-electron chi connectivity index (χ1n) is 14.7. The van der Waals surface area contributed by atoms with Crippen molar-refractivity contribution in [2.75, 3.05) is 0 Å². The maximum atomic E-state index is 10.8. The summed E-state index contributed by atoms with van der Waals surface area (Å²) in [6, 6.07) is -0.391. The van der Waals surface area contributed by atoms with E-state index in [0.29, 0.717) is 11.8 Å². The molecular weight excluding hydrogens is 625 g/mol. The Balaban J connectivity index is 0.852. The van der Waals surface area contributed by atoms with Gasteiger partial charge < -0.3 is 53.5 Å². The third kappa shape index (κ3) is 4.38. The molecule has 3 saturated carbocycles. The summed E-state index contributed by atoms with van der Waals surface area (Å²) in [5, 5.41) is 10.8. The quantitative estimate of drug-likeness (QED) is 0.337. The van der Waals surface area contributed by atoms with E-state index in [2.05, 4.69) is 22.6 Å². The Labute approximate surface area is 242 Å². The zero-order valence-corrected chi connectivity index (χ0v) is 24.7. The van der Waals surface area contributed by atoms with Crippen LogP contribution in [-0.2, 0) is 42.6 Å². The van der Waals surface area contributed by atoms with Crippen molar-refractivity contribution in [3.05, 3.63) is 0 Å². The Morgan fingerprint density at radius 3 is 1.56 bits per heavy atom. The fourth-order valence-corrected chi connectivity index (χ4v) is 9.48. The van der Waals surface area contributed by atoms with E-state index in [1.807, 2.05) is 20.8 Å². The van der Waals surface area contributed by atoms with Gasteiger partial charge in [0.15, 0.2) is 18.4 Å². The molecule has 0 aromatic heterocycles. The van der Waals surface area contributed by atoms with Crippen LogP contribution in [0.4, 0.5) is 0 Å². The van der Waals surface area contributed by atoms with Crippen LogP contribution in [0.25, 0.3) is 0 Å². The average Bonchev–Trinajstić information content (AvgIpc) is 2.88. The molecule has 9 fully saturated rings. The topological polar surface area (TPSA) is 129 Å². The summed E-state index contributed by atoms with van der Waals surface area (Å²) in [6.45, 7) is 5.57. The third-order valence-corrected chi connectivity index (χ3v) is 11.6. The van der Waals surface area contributed by atoms with Gasteiger partial charge >= 0.3 is 0 Å². The molecule has 9 aliphatic rings. The van der Waals surface area contributed by atoms with Gasteiger partial charge in [0, 0.05) is 19.8 Å². The minimum absolute atomic E-state index is 0.0315. The highest BCUT2D eigenvalue weighted by molar-refractivity contribution is 14.1. The van der Waals surface area contributed by atoms with E-state index in [4.69, 9.17) is 48.4 Å². The Bertz CT molecular complexity index is 899. The van der Waals surface area contributed by atoms with Gasteiger partial charge in [-0.25, -0.2) is 0 Å². The van der Waals surface area contributed by atoms with Crippen molar-refractivity contribution >= 4 is 22.6 Å². The van der Waals surface area contributed by atoms with Crippen LogP contribution in [0.5, 0.6) is 0 Å². The van der Waals surface area contributed by atoms with E-state index in [0.717, 1.165) is 38.5 Å². The van der Waals surface area contributed by atoms with Gasteiger partial charge in [-0.2, -0.15) is 0 Å². The third-order valence-electron chi connectivity index (χ3n) is 10.1. The predicted octanol–water partition coefficient (Wildman–Crippen LogP) is 1.69. The molecule has 6 heterocycles. The largest absolute Gasteiger partial charge is 0.387 e. The molecule has 0 aromatic rings. The highest BCUT2D eigenvalue weighted by Gasteiger charge is 2.68. The summed E-state index contributed by atoms with van der Waals surface area (Å²) < 4.78 is 56.0. The molecule has 11 nitrogen and oxygen atoms in total. The van der Waals surface area contributed by atoms with Crippen LogP contribution in [0, 0.1) is 11.8 Å². The molecule has 0 radical (unpaired) electrons. The van der Waals surface area contributed by atoms with Gasteiger partial charge in [-0.05, 0) is 51.4 Å². The Morgan fingerprint density at radius 2 is 1.08 bits per heavy atom. The maximum absolute atomic E-state index is 10.8. The van der Waals surface area contributed by atoms with Gasteiger partial charge in [-0.3, -0.25) is 0 Å². The van der Waals surface area contributed by atoms with Crippen molar-refractivity contribution in [3.8, 4) is 0 Å². The second kappa shape index (κ2) is 9.39. The normalized spacial score (nSPS) is 60.8. The number of fused-ring (bicyclic) bond motifs is 6. The van der Waals surface area contributed by atoms with E-state index in [9.17, 15) is 5.11 Å². The van der Waals surface area contributed by atoms with Crippen LogP contribution in [0.3, 0.4) is 0 Å². The first-order chi connectivity index (χ1) is 18.6. The standard InChI is InChI=1S/C27H40INO10/c1-26(2)35-19-15(29)20(36-26)22-16(30)21(19)31-12(32-22)8-10-4-6-11(7-5-10)9-13-33-23-17-14(28)18-24(34-13)25(23)39-27(3,37-17)38-18/h10-25,30H,4-9,29H2,1-3H3. The lowest BCUT2D eigenvalue weighted by atomic mass is 9.77. The summed E-state index contributed by atoms with van der Waals surface area (Å²) in [7, 11) is 0. The van der Waals surface area contributed by atoms with Gasteiger partial charge in [0.05, 0.1) is 9.97 Å². The van der Waals surface area contributed by atoms with Crippen molar-refractivity contribution in [1.29, 1.82) is 0 Å². The zero-order valence-electron chi connectivity index (χ0n) is 22.6. The predicted molar refractivity (Wildman–Crippen MR) is 140 cm³/mol. The minimum Gasteiger partial charge on any atom is -0.387 e. The van der Waals surface area contributed by atoms with Crippen molar-refractivity contribution in [2.24, 2.45) is 17.6 Å². The number of rotatable bonds is 4. The number of nitrogens with two attached hydrogens (primary N) is 1. The van der Waals surface area contributed by atoms with E-state index in [1.165, 1.54) is 0 Å². The van der Waals surface area contributed by atoms with Gasteiger partial charge in [0.2, 0.25) is 0 Å². The first-order valence-corrected chi connectivity index (χ1v) is 15.9. The van der Waals surface area contributed by atoms with Crippen LogP contribution >= 0.6 is 22.6 Å². The number of hydrogen-bond donors (Lipinski definition) is 2. The molecule has 0 aromatic carbocycles. The van der Waals surface area contributed by atoms with Crippen LogP contribution in [0.2, 0.25) is 0 Å². The van der Waals surface area contributed by atoms with Crippen LogP contribution in [0.1, 0.15) is 59.3 Å². The first kappa shape index (κ1) is 26.9. The van der Waals surface area contributed by atoms with Crippen LogP contribution in [0.15, 0.2) is 0 Å². The summed E-state index contributed by atoms with van der Waals surface area (Å²) >= 11 is 2.41. The average molecular weight is 666 g/mol. The van der Waals surface area contributed by atoms with E-state index < -0.39 is 54.6 Å². The van der Waals surface area contributed by atoms with Gasteiger partial charge in [0.25, 0.3) is 5.97 Å². The molecular formula is C27H40INO10. The summed E-state index contributed by atoms with van der Waals surface area (Å²) in [5.74, 6) is -0.739. The second-order valence-electron chi connectivity index (χ2n) is 13.3. The Morgan fingerprint density at radius 1 is 0.641 bits per heavy atom. The van der Waals surface area contributed by atoms with Gasteiger partial charge in [0.1, 0.15) is 61.0 Å². The molecule has 12 heteroatoms. The molecule has 220 valence electrons. The number of aliphatic hydroxyl groups is 1. The molecule has 6 aliphatic heterocycles. The molecule has 8 unspecified atom stereocenters. The minimum atomic E-state index is -0.976. The molecule has 3 N–H and O–H groups in total. The molecule has 0 amide bonds. The Kier molecular flexibility index (Phi) is 6.47. The highest BCUT2D eigenvalue weighted by Crippen LogP contribution is 2.52. The number of alkyl halides is 1. The van der Waals surface area contributed by atoms with Crippen molar-refractivity contribution in [2.45, 2.75) is 155 Å². The van der Waals surface area contributed by atoms with Crippen LogP contribution in [-0.4, -0.2) is 100 Å². The maximum Gasteiger partial charge on any atom is 0.281 e. The monoisotopic (exact) mass is 665 g/mol. The number of hydrogen-bond acceptors (Lipinski definition) is 11. The smallest absolute Gasteiger partial charge is 0.281 e. The van der Waals surface area contributed by atoms with Crippen molar-refractivity contribution in [1.82, 2.24) is 0 Å². The van der Waals surface area contributed by atoms with Crippen molar-refractivity contribution < 1.29 is 47.7 Å².